The summed E-state index contributed by atoms with van der Waals surface area (Å²) >= 11 is 6.16. The van der Waals surface area contributed by atoms with Gasteiger partial charge >= 0.3 is 6.18 Å². The van der Waals surface area contributed by atoms with Gasteiger partial charge in [-0.2, -0.15) is 13.2 Å². The summed E-state index contributed by atoms with van der Waals surface area (Å²) in [5.41, 5.74) is -0.589. The van der Waals surface area contributed by atoms with Gasteiger partial charge in [0.25, 0.3) is 5.91 Å². The number of aliphatic hydroxyl groups is 1. The molecule has 36 heavy (non-hydrogen) atoms. The second kappa shape index (κ2) is 9.62. The number of Topliss-reactive ketones (excluding diaryl/α,β-unsaturated/α-hetero) is 1. The topological polar surface area (TPSA) is 115 Å². The number of likely N-dealkylation sites (tertiary alicyclic amines) is 1. The molecular weight excluding hydrogens is 510 g/mol. The van der Waals surface area contributed by atoms with Gasteiger partial charge in [-0.05, 0) is 25.0 Å². The first kappa shape index (κ1) is 25.8. The molecule has 1 saturated heterocycles. The van der Waals surface area contributed by atoms with Crippen LogP contribution < -0.4 is 10.2 Å². The SMILES string of the molecule is CC[C@@H](NC(=O)C1=CN(c2ncc(F)cc2Cl)C2=NC(N3C[C@@H](O)CC3=O)=CCC2C1=O)C(F)(F)F. The third kappa shape index (κ3) is 4.85. The number of ketones is 1. The number of nitrogens with zero attached hydrogens (tertiary/aromatic N) is 4. The van der Waals surface area contributed by atoms with Gasteiger partial charge in [-0.3, -0.25) is 24.2 Å². The Bertz CT molecular complexity index is 1220. The second-order valence-electron chi connectivity index (χ2n) is 8.39. The minimum Gasteiger partial charge on any atom is -0.391 e. The lowest BCUT2D eigenvalue weighted by Gasteiger charge is -2.35. The number of fused-ring (bicyclic) bond motifs is 1. The molecule has 1 aromatic heterocycles. The highest BCUT2D eigenvalue weighted by atomic mass is 35.5. The van der Waals surface area contributed by atoms with Crippen LogP contribution in [-0.4, -0.2) is 63.3 Å². The molecule has 192 valence electrons. The van der Waals surface area contributed by atoms with Crippen LogP contribution in [0, 0.1) is 11.7 Å². The fourth-order valence-corrected chi connectivity index (χ4v) is 4.36. The average Bonchev–Trinajstić information content (AvgIpc) is 3.14. The Morgan fingerprint density at radius 2 is 2.08 bits per heavy atom. The number of carbonyl (C=O) groups excluding carboxylic acids is 3. The quantitative estimate of drug-likeness (QED) is 0.447. The number of amidine groups is 1. The number of aliphatic imine (C=N–C) groups is 1. The van der Waals surface area contributed by atoms with E-state index >= 15 is 0 Å². The fourth-order valence-electron chi connectivity index (χ4n) is 4.12. The smallest absolute Gasteiger partial charge is 0.391 e. The Morgan fingerprint density at radius 1 is 1.36 bits per heavy atom. The van der Waals surface area contributed by atoms with Crippen molar-refractivity contribution in [2.45, 2.75) is 44.5 Å². The largest absolute Gasteiger partial charge is 0.408 e. The van der Waals surface area contributed by atoms with E-state index in [1.807, 2.05) is 5.32 Å². The number of halogens is 5. The van der Waals surface area contributed by atoms with Crippen LogP contribution in [0.3, 0.4) is 0 Å². The molecule has 3 aliphatic rings. The highest BCUT2D eigenvalue weighted by molar-refractivity contribution is 6.35. The van der Waals surface area contributed by atoms with E-state index < -0.39 is 59.6 Å². The summed E-state index contributed by atoms with van der Waals surface area (Å²) in [4.78, 5) is 48.9. The maximum absolute atomic E-state index is 13.6. The Balaban J connectivity index is 1.77. The van der Waals surface area contributed by atoms with Crippen molar-refractivity contribution in [3.05, 3.63) is 46.8 Å². The zero-order valence-electron chi connectivity index (χ0n) is 18.7. The van der Waals surface area contributed by atoms with Crippen LogP contribution >= 0.6 is 11.6 Å². The molecule has 0 bridgehead atoms. The standard InChI is InChI=1S/C22H20ClF4N5O4/c1-2-15(22(25,26)27)29-21(36)13-9-32(20-14(23)5-10(24)7-28-20)19-12(18(13)35)3-4-16(30-19)31-8-11(33)6-17(31)34/h4-5,7,9,11-12,15,33H,2-3,6,8H2,1H3,(H,29,36)/t11-,12?,15+/m0/s1. The zero-order valence-corrected chi connectivity index (χ0v) is 19.5. The monoisotopic (exact) mass is 529 g/mol. The van der Waals surface area contributed by atoms with Crippen LogP contribution in [-0.2, 0) is 14.4 Å². The second-order valence-corrected chi connectivity index (χ2v) is 8.80. The molecule has 3 aliphatic heterocycles. The zero-order chi connectivity index (χ0) is 26.4. The number of hydrogen-bond acceptors (Lipinski definition) is 7. The summed E-state index contributed by atoms with van der Waals surface area (Å²) in [6, 6.07) is -1.25. The Kier molecular flexibility index (Phi) is 6.88. The van der Waals surface area contributed by atoms with E-state index in [1.165, 1.54) is 17.9 Å². The van der Waals surface area contributed by atoms with Crippen molar-refractivity contribution in [3.8, 4) is 0 Å². The molecule has 0 aliphatic carbocycles. The van der Waals surface area contributed by atoms with Gasteiger partial charge in [-0.15, -0.1) is 0 Å². The van der Waals surface area contributed by atoms with Crippen LogP contribution in [0.4, 0.5) is 23.4 Å². The van der Waals surface area contributed by atoms with E-state index in [0.29, 0.717) is 0 Å². The molecule has 1 fully saturated rings. The Labute approximate surface area is 207 Å². The van der Waals surface area contributed by atoms with Crippen molar-refractivity contribution in [3.63, 3.8) is 0 Å². The third-order valence-corrected chi connectivity index (χ3v) is 6.19. The summed E-state index contributed by atoms with van der Waals surface area (Å²) in [5.74, 6) is -4.31. The third-order valence-electron chi connectivity index (χ3n) is 5.91. The minimum atomic E-state index is -4.73. The maximum atomic E-state index is 13.6. The molecule has 0 saturated carbocycles. The van der Waals surface area contributed by atoms with Crippen LogP contribution in [0.5, 0.6) is 0 Å². The van der Waals surface area contributed by atoms with E-state index in [1.54, 1.807) is 0 Å². The van der Waals surface area contributed by atoms with Gasteiger partial charge in [0.05, 0.1) is 41.8 Å². The number of amides is 2. The number of carbonyl (C=O) groups is 3. The summed E-state index contributed by atoms with van der Waals surface area (Å²) in [6.07, 6.45) is -3.00. The number of pyridine rings is 1. The van der Waals surface area contributed by atoms with Crippen LogP contribution in [0.2, 0.25) is 5.02 Å². The number of alkyl halides is 3. The van der Waals surface area contributed by atoms with Crippen molar-refractivity contribution in [1.29, 1.82) is 0 Å². The van der Waals surface area contributed by atoms with Gasteiger partial charge in [0.15, 0.2) is 11.6 Å². The first-order valence-electron chi connectivity index (χ1n) is 10.9. The normalized spacial score (nSPS) is 23.1. The molecule has 0 spiro atoms. The summed E-state index contributed by atoms with van der Waals surface area (Å²) < 4.78 is 53.3. The minimum absolute atomic E-state index is 0.00730. The number of rotatable bonds is 5. The maximum Gasteiger partial charge on any atom is 0.408 e. The molecule has 0 aromatic carbocycles. The lowest BCUT2D eigenvalue weighted by molar-refractivity contribution is -0.161. The van der Waals surface area contributed by atoms with E-state index in [0.717, 1.165) is 23.4 Å². The van der Waals surface area contributed by atoms with E-state index in [9.17, 15) is 37.1 Å². The number of nitrogens with one attached hydrogen (secondary N) is 1. The molecule has 4 heterocycles. The number of aromatic nitrogens is 1. The average molecular weight is 530 g/mol. The summed E-state index contributed by atoms with van der Waals surface area (Å²) in [7, 11) is 0. The fraction of sp³-hybridized carbons (Fsp3) is 0.409. The number of hydrogen-bond donors (Lipinski definition) is 2. The van der Waals surface area contributed by atoms with Crippen LogP contribution in [0.1, 0.15) is 26.2 Å². The predicted molar refractivity (Wildman–Crippen MR) is 119 cm³/mol. The molecule has 3 atom stereocenters. The van der Waals surface area contributed by atoms with Crippen molar-refractivity contribution in [1.82, 2.24) is 15.2 Å². The van der Waals surface area contributed by atoms with Gasteiger partial charge in [0.2, 0.25) is 5.91 Å². The Hall–Kier alpha value is -3.32. The van der Waals surface area contributed by atoms with Gasteiger partial charge in [-0.25, -0.2) is 14.4 Å². The molecule has 2 amide bonds. The number of β-amino-alcohol motifs (C(OH)–C–C–N with tert-alkyl or cyclic N) is 1. The van der Waals surface area contributed by atoms with Gasteiger partial charge in [0.1, 0.15) is 23.5 Å². The highest BCUT2D eigenvalue weighted by Gasteiger charge is 2.44. The molecule has 9 nitrogen and oxygen atoms in total. The lowest BCUT2D eigenvalue weighted by atomic mass is 9.88. The number of allylic oxidation sites excluding steroid dienone is 1. The van der Waals surface area contributed by atoms with E-state index in [-0.39, 0.29) is 41.9 Å². The van der Waals surface area contributed by atoms with Gasteiger partial charge in [-0.1, -0.05) is 18.5 Å². The van der Waals surface area contributed by atoms with Gasteiger partial charge in [0, 0.05) is 6.20 Å². The molecular formula is C22H20ClF4N5O4. The highest BCUT2D eigenvalue weighted by Crippen LogP contribution is 2.35. The molecule has 1 unspecified atom stereocenters. The number of aliphatic hydroxyl groups excluding tert-OH is 1. The van der Waals surface area contributed by atoms with E-state index in [2.05, 4.69) is 9.98 Å². The lowest BCUT2D eigenvalue weighted by Crippen LogP contribution is -2.50. The molecule has 2 N–H and O–H groups in total. The van der Waals surface area contributed by atoms with Gasteiger partial charge < -0.3 is 10.4 Å². The Morgan fingerprint density at radius 3 is 2.67 bits per heavy atom. The first-order chi connectivity index (χ1) is 16.9. The van der Waals surface area contributed by atoms with E-state index in [4.69, 9.17) is 11.6 Å². The van der Waals surface area contributed by atoms with Crippen molar-refractivity contribution in [2.24, 2.45) is 10.9 Å². The molecule has 4 rings (SSSR count). The predicted octanol–water partition coefficient (Wildman–Crippen LogP) is 2.46. The van der Waals surface area contributed by atoms with Crippen molar-refractivity contribution in [2.75, 3.05) is 11.4 Å². The summed E-state index contributed by atoms with van der Waals surface area (Å²) in [5, 5.41) is 11.4. The van der Waals surface area contributed by atoms with Crippen LogP contribution in [0.25, 0.3) is 0 Å². The molecule has 14 heteroatoms. The number of anilines is 1. The molecule has 1 aromatic rings. The van der Waals surface area contributed by atoms with Crippen LogP contribution in [0.15, 0.2) is 40.9 Å². The van der Waals surface area contributed by atoms with Crippen molar-refractivity contribution < 1.29 is 37.1 Å². The summed E-state index contributed by atoms with van der Waals surface area (Å²) in [6.45, 7) is 1.22. The molecule has 0 radical (unpaired) electrons. The van der Waals surface area contributed by atoms with Crippen molar-refractivity contribution >= 4 is 40.9 Å². The first-order valence-corrected chi connectivity index (χ1v) is 11.3.